The molecule has 0 aliphatic carbocycles. The lowest BCUT2D eigenvalue weighted by atomic mass is 10.2. The Hall–Kier alpha value is -1.88. The fraction of sp³-hybridized carbons (Fsp3) is 0.200. The van der Waals surface area contributed by atoms with Crippen LogP contribution >= 0.6 is 15.9 Å². The van der Waals surface area contributed by atoms with Crippen LogP contribution in [0, 0.1) is 13.8 Å². The number of fused-ring (bicyclic) bond motifs is 1. The Balaban J connectivity index is 1.77. The molecule has 0 fully saturated rings. The molecule has 0 bridgehead atoms. The minimum Gasteiger partial charge on any atom is -0.366 e. The summed E-state index contributed by atoms with van der Waals surface area (Å²) in [6, 6.07) is 10.2. The van der Waals surface area contributed by atoms with Gasteiger partial charge in [-0.15, -0.1) is 0 Å². The Morgan fingerprint density at radius 2 is 2.00 bits per heavy atom. The van der Waals surface area contributed by atoms with E-state index in [0.717, 1.165) is 39.4 Å². The second-order valence-electron chi connectivity index (χ2n) is 4.79. The van der Waals surface area contributed by atoms with Crippen LogP contribution in [-0.4, -0.2) is 15.0 Å². The first-order chi connectivity index (χ1) is 9.61. The summed E-state index contributed by atoms with van der Waals surface area (Å²) in [4.78, 5) is 12.1. The van der Waals surface area contributed by atoms with Crippen molar-refractivity contribution in [3.05, 3.63) is 51.9 Å². The molecule has 0 saturated heterocycles. The summed E-state index contributed by atoms with van der Waals surface area (Å²) in [7, 11) is 0. The fourth-order valence-electron chi connectivity index (χ4n) is 2.13. The number of nitrogens with one attached hydrogen (secondary N) is 2. The number of pyridine rings is 1. The number of H-pyrrole nitrogens is 1. The fourth-order valence-corrected chi connectivity index (χ4v) is 2.35. The van der Waals surface area contributed by atoms with Gasteiger partial charge < -0.3 is 10.3 Å². The highest BCUT2D eigenvalue weighted by atomic mass is 79.9. The number of imidazole rings is 1. The molecule has 20 heavy (non-hydrogen) atoms. The van der Waals surface area contributed by atoms with Gasteiger partial charge >= 0.3 is 0 Å². The minimum absolute atomic E-state index is 0.738. The van der Waals surface area contributed by atoms with Gasteiger partial charge in [-0.2, -0.15) is 0 Å². The van der Waals surface area contributed by atoms with Gasteiger partial charge in [-0.25, -0.2) is 9.97 Å². The second-order valence-corrected chi connectivity index (χ2v) is 5.65. The van der Waals surface area contributed by atoms with Crippen LogP contribution in [0.2, 0.25) is 0 Å². The van der Waals surface area contributed by atoms with Crippen molar-refractivity contribution in [3.63, 3.8) is 0 Å². The van der Waals surface area contributed by atoms with E-state index in [4.69, 9.17) is 0 Å². The highest BCUT2D eigenvalue weighted by Gasteiger charge is 2.02. The van der Waals surface area contributed by atoms with Crippen LogP contribution in [0.4, 0.5) is 5.82 Å². The summed E-state index contributed by atoms with van der Waals surface area (Å²) >= 11 is 3.45. The molecule has 3 rings (SSSR count). The molecule has 0 spiro atoms. The van der Waals surface area contributed by atoms with Crippen LogP contribution in [0.5, 0.6) is 0 Å². The van der Waals surface area contributed by atoms with E-state index in [1.165, 1.54) is 5.56 Å². The Morgan fingerprint density at radius 3 is 2.80 bits per heavy atom. The quantitative estimate of drug-likeness (QED) is 0.764. The SMILES string of the molecule is Cc1nc2ccc(CNc3ccc(Br)c(C)n3)cc2[nH]1. The molecule has 3 aromatic rings. The van der Waals surface area contributed by atoms with Crippen LogP contribution in [-0.2, 0) is 6.54 Å². The van der Waals surface area contributed by atoms with Gasteiger partial charge in [0, 0.05) is 11.0 Å². The zero-order valence-electron chi connectivity index (χ0n) is 11.4. The summed E-state index contributed by atoms with van der Waals surface area (Å²) in [5, 5.41) is 3.33. The van der Waals surface area contributed by atoms with E-state index >= 15 is 0 Å². The Morgan fingerprint density at radius 1 is 1.15 bits per heavy atom. The average Bonchev–Trinajstić information content (AvgIpc) is 2.79. The van der Waals surface area contributed by atoms with Gasteiger partial charge in [-0.3, -0.25) is 0 Å². The number of rotatable bonds is 3. The van der Waals surface area contributed by atoms with E-state index in [9.17, 15) is 0 Å². The van der Waals surface area contributed by atoms with Gasteiger partial charge in [0.1, 0.15) is 11.6 Å². The maximum atomic E-state index is 4.48. The molecular formula is C15H15BrN4. The molecule has 2 N–H and O–H groups in total. The van der Waals surface area contributed by atoms with Crippen molar-refractivity contribution in [2.24, 2.45) is 0 Å². The van der Waals surface area contributed by atoms with Crippen LogP contribution in [0.25, 0.3) is 11.0 Å². The van der Waals surface area contributed by atoms with Crippen molar-refractivity contribution < 1.29 is 0 Å². The lowest BCUT2D eigenvalue weighted by Crippen LogP contribution is -2.02. The summed E-state index contributed by atoms with van der Waals surface area (Å²) < 4.78 is 1.03. The topological polar surface area (TPSA) is 53.6 Å². The number of halogens is 1. The van der Waals surface area contributed by atoms with E-state index in [-0.39, 0.29) is 0 Å². The van der Waals surface area contributed by atoms with E-state index < -0.39 is 0 Å². The molecule has 0 atom stereocenters. The zero-order valence-corrected chi connectivity index (χ0v) is 13.0. The van der Waals surface area contributed by atoms with Crippen molar-refractivity contribution in [1.82, 2.24) is 15.0 Å². The molecule has 4 nitrogen and oxygen atoms in total. The first kappa shape index (κ1) is 13.1. The molecule has 0 aliphatic rings. The smallest absolute Gasteiger partial charge is 0.126 e. The molecule has 1 aromatic carbocycles. The van der Waals surface area contributed by atoms with Gasteiger partial charge in [0.05, 0.1) is 16.7 Å². The molecule has 0 amide bonds. The summed E-state index contributed by atoms with van der Waals surface area (Å²) in [5.74, 6) is 1.82. The number of benzene rings is 1. The molecular weight excluding hydrogens is 316 g/mol. The Labute approximate surface area is 125 Å². The van der Waals surface area contributed by atoms with E-state index in [1.807, 2.05) is 32.0 Å². The number of nitrogens with zero attached hydrogens (tertiary/aromatic N) is 2. The van der Waals surface area contributed by atoms with E-state index in [1.54, 1.807) is 0 Å². The number of hydrogen-bond donors (Lipinski definition) is 2. The molecule has 0 aliphatic heterocycles. The predicted molar refractivity (Wildman–Crippen MR) is 84.8 cm³/mol. The molecule has 0 saturated carbocycles. The third-order valence-electron chi connectivity index (χ3n) is 3.16. The van der Waals surface area contributed by atoms with Gasteiger partial charge in [0.2, 0.25) is 0 Å². The van der Waals surface area contributed by atoms with Crippen molar-refractivity contribution >= 4 is 32.8 Å². The highest BCUT2D eigenvalue weighted by Crippen LogP contribution is 2.18. The van der Waals surface area contributed by atoms with Gasteiger partial charge in [-0.1, -0.05) is 6.07 Å². The lowest BCUT2D eigenvalue weighted by Gasteiger charge is -2.07. The molecule has 102 valence electrons. The van der Waals surface area contributed by atoms with Gasteiger partial charge in [0.15, 0.2) is 0 Å². The van der Waals surface area contributed by atoms with Crippen molar-refractivity contribution in [3.8, 4) is 0 Å². The van der Waals surface area contributed by atoms with Crippen molar-refractivity contribution in [2.75, 3.05) is 5.32 Å². The first-order valence-corrected chi connectivity index (χ1v) is 7.23. The third-order valence-corrected chi connectivity index (χ3v) is 4.00. The second kappa shape index (κ2) is 5.25. The monoisotopic (exact) mass is 330 g/mol. The number of aryl methyl sites for hydroxylation is 2. The minimum atomic E-state index is 0.738. The number of aromatic nitrogens is 3. The Bertz CT molecular complexity index is 764. The van der Waals surface area contributed by atoms with Crippen LogP contribution in [0.3, 0.4) is 0 Å². The zero-order chi connectivity index (χ0) is 14.1. The van der Waals surface area contributed by atoms with Crippen molar-refractivity contribution in [2.45, 2.75) is 20.4 Å². The normalized spacial score (nSPS) is 10.9. The molecule has 2 aromatic heterocycles. The largest absolute Gasteiger partial charge is 0.366 e. The maximum Gasteiger partial charge on any atom is 0.126 e. The summed E-state index contributed by atoms with van der Waals surface area (Å²) in [6.07, 6.45) is 0. The van der Waals surface area contributed by atoms with Gasteiger partial charge in [-0.05, 0) is 59.6 Å². The summed E-state index contributed by atoms with van der Waals surface area (Å²) in [6.45, 7) is 4.68. The van der Waals surface area contributed by atoms with Crippen LogP contribution in [0.1, 0.15) is 17.1 Å². The number of hydrogen-bond acceptors (Lipinski definition) is 3. The first-order valence-electron chi connectivity index (χ1n) is 6.44. The predicted octanol–water partition coefficient (Wildman–Crippen LogP) is 3.95. The van der Waals surface area contributed by atoms with Crippen LogP contribution in [0.15, 0.2) is 34.8 Å². The van der Waals surface area contributed by atoms with Crippen molar-refractivity contribution in [1.29, 1.82) is 0 Å². The number of anilines is 1. The molecule has 5 heteroatoms. The Kier molecular flexibility index (Phi) is 3.44. The van der Waals surface area contributed by atoms with Gasteiger partial charge in [0.25, 0.3) is 0 Å². The highest BCUT2D eigenvalue weighted by molar-refractivity contribution is 9.10. The molecule has 0 radical (unpaired) electrons. The van der Waals surface area contributed by atoms with E-state index in [2.05, 4.69) is 48.3 Å². The lowest BCUT2D eigenvalue weighted by molar-refractivity contribution is 1.08. The number of aromatic amines is 1. The average molecular weight is 331 g/mol. The third kappa shape index (κ3) is 2.67. The van der Waals surface area contributed by atoms with Crippen LogP contribution < -0.4 is 5.32 Å². The maximum absolute atomic E-state index is 4.48. The standard InChI is InChI=1S/C15H15BrN4/c1-9-12(16)4-6-15(18-9)17-8-11-3-5-13-14(7-11)20-10(2)19-13/h3-7H,8H2,1-2H3,(H,17,18)(H,19,20). The van der Waals surface area contributed by atoms with E-state index in [0.29, 0.717) is 0 Å². The summed E-state index contributed by atoms with van der Waals surface area (Å²) in [5.41, 5.74) is 4.25. The molecule has 0 unspecified atom stereocenters. The molecule has 2 heterocycles.